The molecule has 84 valence electrons. The molecule has 0 amide bonds. The summed E-state index contributed by atoms with van der Waals surface area (Å²) in [5, 5.41) is 5.32. The first kappa shape index (κ1) is 10.7. The van der Waals surface area contributed by atoms with Gasteiger partial charge in [0.1, 0.15) is 6.33 Å². The number of hydrogen-bond acceptors (Lipinski definition) is 4. The zero-order chi connectivity index (χ0) is 11.7. The SMILES string of the molecule is Brc1cccc(Nc2ncnc3ccsc23)c1. The maximum absolute atomic E-state index is 4.28. The topological polar surface area (TPSA) is 37.8 Å². The molecule has 0 saturated carbocycles. The second kappa shape index (κ2) is 4.43. The quantitative estimate of drug-likeness (QED) is 0.771. The third-order valence-electron chi connectivity index (χ3n) is 2.33. The molecule has 3 rings (SSSR count). The number of benzene rings is 1. The Morgan fingerprint density at radius 3 is 3.00 bits per heavy atom. The summed E-state index contributed by atoms with van der Waals surface area (Å²) in [4.78, 5) is 8.49. The fourth-order valence-corrected chi connectivity index (χ4v) is 2.77. The van der Waals surface area contributed by atoms with Crippen LogP contribution >= 0.6 is 27.3 Å². The van der Waals surface area contributed by atoms with Crippen molar-refractivity contribution < 1.29 is 0 Å². The molecule has 0 unspecified atom stereocenters. The molecule has 2 aromatic heterocycles. The Hall–Kier alpha value is -1.46. The highest BCUT2D eigenvalue weighted by atomic mass is 79.9. The Kier molecular flexibility index (Phi) is 2.78. The zero-order valence-corrected chi connectivity index (χ0v) is 11.1. The first-order valence-corrected chi connectivity index (χ1v) is 6.71. The van der Waals surface area contributed by atoms with Crippen molar-refractivity contribution in [2.45, 2.75) is 0 Å². The summed E-state index contributed by atoms with van der Waals surface area (Å²) in [6.07, 6.45) is 1.58. The van der Waals surface area contributed by atoms with Crippen molar-refractivity contribution >= 4 is 49.0 Å². The fraction of sp³-hybridized carbons (Fsp3) is 0. The highest BCUT2D eigenvalue weighted by molar-refractivity contribution is 9.10. The average Bonchev–Trinajstić information content (AvgIpc) is 2.78. The van der Waals surface area contributed by atoms with Crippen LogP contribution in [0.1, 0.15) is 0 Å². The normalized spacial score (nSPS) is 10.6. The second-order valence-electron chi connectivity index (χ2n) is 3.49. The van der Waals surface area contributed by atoms with Crippen molar-refractivity contribution in [2.75, 3.05) is 5.32 Å². The van der Waals surface area contributed by atoms with Gasteiger partial charge in [-0.2, -0.15) is 0 Å². The highest BCUT2D eigenvalue weighted by Crippen LogP contribution is 2.28. The van der Waals surface area contributed by atoms with E-state index in [2.05, 4.69) is 31.2 Å². The molecule has 1 aromatic carbocycles. The van der Waals surface area contributed by atoms with Gasteiger partial charge in [-0.25, -0.2) is 9.97 Å². The van der Waals surface area contributed by atoms with Crippen molar-refractivity contribution in [3.8, 4) is 0 Å². The smallest absolute Gasteiger partial charge is 0.151 e. The lowest BCUT2D eigenvalue weighted by atomic mass is 10.3. The van der Waals surface area contributed by atoms with Gasteiger partial charge in [0.15, 0.2) is 5.82 Å². The third kappa shape index (κ3) is 2.16. The van der Waals surface area contributed by atoms with Gasteiger partial charge in [-0.1, -0.05) is 22.0 Å². The molecule has 0 saturated heterocycles. The number of nitrogens with zero attached hydrogens (tertiary/aromatic N) is 2. The van der Waals surface area contributed by atoms with Crippen LogP contribution in [0.2, 0.25) is 0 Å². The lowest BCUT2D eigenvalue weighted by Crippen LogP contribution is -1.93. The molecule has 1 N–H and O–H groups in total. The molecule has 0 radical (unpaired) electrons. The van der Waals surface area contributed by atoms with E-state index in [1.807, 2.05) is 35.7 Å². The largest absolute Gasteiger partial charge is 0.339 e. The molecule has 0 aliphatic rings. The van der Waals surface area contributed by atoms with Crippen LogP contribution in [0.15, 0.2) is 46.5 Å². The number of hydrogen-bond donors (Lipinski definition) is 1. The summed E-state index contributed by atoms with van der Waals surface area (Å²) in [5.41, 5.74) is 1.98. The Balaban J connectivity index is 2.02. The molecule has 2 heterocycles. The molecule has 0 spiro atoms. The third-order valence-corrected chi connectivity index (χ3v) is 3.73. The summed E-state index contributed by atoms with van der Waals surface area (Å²) in [5.74, 6) is 0.850. The van der Waals surface area contributed by atoms with Gasteiger partial charge < -0.3 is 5.32 Å². The van der Waals surface area contributed by atoms with Gasteiger partial charge in [-0.3, -0.25) is 0 Å². The highest BCUT2D eigenvalue weighted by Gasteiger charge is 2.04. The van der Waals surface area contributed by atoms with Crippen molar-refractivity contribution in [3.05, 3.63) is 46.5 Å². The number of thiophene rings is 1. The molecule has 0 atom stereocenters. The fourth-order valence-electron chi connectivity index (χ4n) is 1.58. The maximum Gasteiger partial charge on any atom is 0.151 e. The minimum atomic E-state index is 0.850. The van der Waals surface area contributed by atoms with Crippen LogP contribution in [0.5, 0.6) is 0 Å². The van der Waals surface area contributed by atoms with Crippen LogP contribution < -0.4 is 5.32 Å². The summed E-state index contributed by atoms with van der Waals surface area (Å²) >= 11 is 5.09. The van der Waals surface area contributed by atoms with Gasteiger partial charge in [-0.05, 0) is 29.6 Å². The molecule has 17 heavy (non-hydrogen) atoms. The van der Waals surface area contributed by atoms with Gasteiger partial charge in [0, 0.05) is 10.2 Å². The summed E-state index contributed by atoms with van der Waals surface area (Å²) in [7, 11) is 0. The zero-order valence-electron chi connectivity index (χ0n) is 8.72. The minimum Gasteiger partial charge on any atom is -0.339 e. The van der Waals surface area contributed by atoms with Gasteiger partial charge in [0.2, 0.25) is 0 Å². The van der Waals surface area contributed by atoms with E-state index >= 15 is 0 Å². The van der Waals surface area contributed by atoms with Crippen LogP contribution in [0.3, 0.4) is 0 Å². The van der Waals surface area contributed by atoms with Crippen molar-refractivity contribution in [1.29, 1.82) is 0 Å². The van der Waals surface area contributed by atoms with E-state index in [4.69, 9.17) is 0 Å². The summed E-state index contributed by atoms with van der Waals surface area (Å²) in [6.45, 7) is 0. The van der Waals surface area contributed by atoms with E-state index in [0.717, 1.165) is 26.2 Å². The first-order valence-electron chi connectivity index (χ1n) is 5.04. The second-order valence-corrected chi connectivity index (χ2v) is 5.32. The Morgan fingerprint density at radius 2 is 2.12 bits per heavy atom. The van der Waals surface area contributed by atoms with E-state index in [-0.39, 0.29) is 0 Å². The maximum atomic E-state index is 4.28. The van der Waals surface area contributed by atoms with Crippen molar-refractivity contribution in [1.82, 2.24) is 9.97 Å². The van der Waals surface area contributed by atoms with E-state index in [1.54, 1.807) is 17.7 Å². The molecule has 5 heteroatoms. The lowest BCUT2D eigenvalue weighted by molar-refractivity contribution is 1.23. The Bertz CT molecular complexity index is 665. The molecular weight excluding hydrogens is 298 g/mol. The summed E-state index contributed by atoms with van der Waals surface area (Å²) < 4.78 is 2.12. The number of nitrogens with one attached hydrogen (secondary N) is 1. The predicted molar refractivity (Wildman–Crippen MR) is 74.8 cm³/mol. The van der Waals surface area contributed by atoms with Gasteiger partial charge in [0.05, 0.1) is 10.2 Å². The standard InChI is InChI=1S/C12H8BrN3S/c13-8-2-1-3-9(6-8)16-12-11-10(4-5-17-11)14-7-15-12/h1-7H,(H,14,15,16). The minimum absolute atomic E-state index is 0.850. The lowest BCUT2D eigenvalue weighted by Gasteiger charge is -2.06. The Labute approximate surface area is 111 Å². The average molecular weight is 306 g/mol. The van der Waals surface area contributed by atoms with Crippen LogP contribution in [0.4, 0.5) is 11.5 Å². The first-order chi connectivity index (χ1) is 8.33. The van der Waals surface area contributed by atoms with E-state index in [1.165, 1.54) is 0 Å². The van der Waals surface area contributed by atoms with Crippen LogP contribution in [0.25, 0.3) is 10.2 Å². The number of anilines is 2. The number of aromatic nitrogens is 2. The molecule has 0 aliphatic heterocycles. The summed E-state index contributed by atoms with van der Waals surface area (Å²) in [6, 6.07) is 9.99. The number of halogens is 1. The van der Waals surface area contributed by atoms with Gasteiger partial charge in [0.25, 0.3) is 0 Å². The van der Waals surface area contributed by atoms with Gasteiger partial charge >= 0.3 is 0 Å². The van der Waals surface area contributed by atoms with E-state index < -0.39 is 0 Å². The molecule has 3 aromatic rings. The van der Waals surface area contributed by atoms with E-state index in [0.29, 0.717) is 0 Å². The van der Waals surface area contributed by atoms with Crippen LogP contribution in [-0.4, -0.2) is 9.97 Å². The molecule has 0 aliphatic carbocycles. The van der Waals surface area contributed by atoms with Crippen LogP contribution in [-0.2, 0) is 0 Å². The predicted octanol–water partition coefficient (Wildman–Crippen LogP) is 4.20. The Morgan fingerprint density at radius 1 is 1.18 bits per heavy atom. The van der Waals surface area contributed by atoms with Gasteiger partial charge in [-0.15, -0.1) is 11.3 Å². The molecule has 3 nitrogen and oxygen atoms in total. The molecule has 0 bridgehead atoms. The van der Waals surface area contributed by atoms with Crippen molar-refractivity contribution in [2.24, 2.45) is 0 Å². The number of fused-ring (bicyclic) bond motifs is 1. The van der Waals surface area contributed by atoms with E-state index in [9.17, 15) is 0 Å². The number of rotatable bonds is 2. The molecule has 0 fully saturated rings. The monoisotopic (exact) mass is 305 g/mol. The molecular formula is C12H8BrN3S. The van der Waals surface area contributed by atoms with Crippen molar-refractivity contribution in [3.63, 3.8) is 0 Å². The van der Waals surface area contributed by atoms with Crippen LogP contribution in [0, 0.1) is 0 Å².